The van der Waals surface area contributed by atoms with Crippen molar-refractivity contribution in [1.29, 1.82) is 0 Å². The Bertz CT molecular complexity index is 373. The lowest BCUT2D eigenvalue weighted by atomic mass is 10.3. The van der Waals surface area contributed by atoms with Gasteiger partial charge in [-0.1, -0.05) is 0 Å². The van der Waals surface area contributed by atoms with E-state index in [-0.39, 0.29) is 4.47 Å². The minimum atomic E-state index is -3.26. The lowest BCUT2D eigenvalue weighted by molar-refractivity contribution is -0.126. The molecular formula is C8H4BrF4NO. The zero-order valence-electron chi connectivity index (χ0n) is 7.03. The Morgan fingerprint density at radius 1 is 1.33 bits per heavy atom. The molecule has 0 spiro atoms. The number of benzene rings is 1. The standard InChI is InChI=1S/C8H4BrF4NO/c9-4-1-3(10)2-5(11)6(4)14-8(15)7(12)13/h1-2,7H,(H,14,15). The molecule has 0 radical (unpaired) electrons. The van der Waals surface area contributed by atoms with Crippen LogP contribution < -0.4 is 5.32 Å². The zero-order valence-corrected chi connectivity index (χ0v) is 8.62. The summed E-state index contributed by atoms with van der Waals surface area (Å²) in [5.74, 6) is -3.66. The van der Waals surface area contributed by atoms with E-state index in [9.17, 15) is 22.4 Å². The van der Waals surface area contributed by atoms with E-state index in [2.05, 4.69) is 15.9 Å². The molecule has 0 bridgehead atoms. The maximum absolute atomic E-state index is 13.0. The van der Waals surface area contributed by atoms with Gasteiger partial charge in [0, 0.05) is 10.5 Å². The van der Waals surface area contributed by atoms with Crippen molar-refractivity contribution in [3.8, 4) is 0 Å². The summed E-state index contributed by atoms with van der Waals surface area (Å²) >= 11 is 2.74. The fraction of sp³-hybridized carbons (Fsp3) is 0.125. The van der Waals surface area contributed by atoms with Gasteiger partial charge in [0.25, 0.3) is 5.91 Å². The van der Waals surface area contributed by atoms with Crippen molar-refractivity contribution in [2.24, 2.45) is 0 Å². The van der Waals surface area contributed by atoms with Gasteiger partial charge in [0.1, 0.15) is 5.82 Å². The Labute approximate surface area is 90.4 Å². The molecule has 0 aliphatic rings. The summed E-state index contributed by atoms with van der Waals surface area (Å²) in [6.07, 6.45) is -3.26. The Morgan fingerprint density at radius 3 is 2.40 bits per heavy atom. The number of halogens is 5. The van der Waals surface area contributed by atoms with Crippen LogP contribution >= 0.6 is 15.9 Å². The summed E-state index contributed by atoms with van der Waals surface area (Å²) < 4.78 is 49.1. The van der Waals surface area contributed by atoms with Crippen molar-refractivity contribution < 1.29 is 22.4 Å². The summed E-state index contributed by atoms with van der Waals surface area (Å²) in [4.78, 5) is 10.6. The zero-order chi connectivity index (χ0) is 11.6. The van der Waals surface area contributed by atoms with E-state index >= 15 is 0 Å². The fourth-order valence-corrected chi connectivity index (χ4v) is 1.35. The van der Waals surface area contributed by atoms with Crippen LogP contribution in [-0.2, 0) is 4.79 Å². The van der Waals surface area contributed by atoms with E-state index in [1.807, 2.05) is 0 Å². The largest absolute Gasteiger partial charge is 0.318 e. The molecule has 15 heavy (non-hydrogen) atoms. The number of nitrogens with one attached hydrogen (secondary N) is 1. The first-order chi connectivity index (χ1) is 6.91. The molecule has 0 heterocycles. The summed E-state index contributed by atoms with van der Waals surface area (Å²) in [5.41, 5.74) is -0.512. The van der Waals surface area contributed by atoms with Crippen LogP contribution in [0.15, 0.2) is 16.6 Å². The van der Waals surface area contributed by atoms with E-state index < -0.39 is 29.7 Å². The lowest BCUT2D eigenvalue weighted by Crippen LogP contribution is -2.21. The molecule has 1 N–H and O–H groups in total. The van der Waals surface area contributed by atoms with Gasteiger partial charge in [-0.3, -0.25) is 4.79 Å². The van der Waals surface area contributed by atoms with Crippen LogP contribution in [0.25, 0.3) is 0 Å². The first-order valence-electron chi connectivity index (χ1n) is 3.65. The van der Waals surface area contributed by atoms with Gasteiger partial charge in [-0.2, -0.15) is 8.78 Å². The molecule has 0 aromatic heterocycles. The average Bonchev–Trinajstić information content (AvgIpc) is 2.10. The first-order valence-corrected chi connectivity index (χ1v) is 4.44. The van der Waals surface area contributed by atoms with E-state index in [0.29, 0.717) is 6.07 Å². The van der Waals surface area contributed by atoms with Crippen LogP contribution in [0.3, 0.4) is 0 Å². The van der Waals surface area contributed by atoms with Crippen LogP contribution in [0, 0.1) is 11.6 Å². The summed E-state index contributed by atoms with van der Waals surface area (Å²) in [5, 5.41) is 1.63. The summed E-state index contributed by atoms with van der Waals surface area (Å²) in [7, 11) is 0. The number of hydrogen-bond acceptors (Lipinski definition) is 1. The maximum Gasteiger partial charge on any atom is 0.315 e. The molecule has 1 aromatic carbocycles. The van der Waals surface area contributed by atoms with Crippen molar-refractivity contribution in [2.45, 2.75) is 6.43 Å². The highest BCUT2D eigenvalue weighted by molar-refractivity contribution is 9.10. The second kappa shape index (κ2) is 4.61. The van der Waals surface area contributed by atoms with Gasteiger partial charge < -0.3 is 5.32 Å². The number of amides is 1. The third-order valence-corrected chi connectivity index (χ3v) is 2.08. The van der Waals surface area contributed by atoms with E-state index in [1.165, 1.54) is 0 Å². The molecule has 1 aromatic rings. The van der Waals surface area contributed by atoms with Crippen molar-refractivity contribution in [1.82, 2.24) is 0 Å². The molecule has 0 atom stereocenters. The summed E-state index contributed by atoms with van der Waals surface area (Å²) in [6.45, 7) is 0. The molecule has 0 saturated carbocycles. The van der Waals surface area contributed by atoms with E-state index in [1.54, 1.807) is 5.32 Å². The SMILES string of the molecule is O=C(Nc1c(F)cc(F)cc1Br)C(F)F. The molecule has 0 fully saturated rings. The maximum atomic E-state index is 13.0. The molecule has 0 unspecified atom stereocenters. The molecule has 7 heteroatoms. The topological polar surface area (TPSA) is 29.1 Å². The van der Waals surface area contributed by atoms with E-state index in [0.717, 1.165) is 6.07 Å². The van der Waals surface area contributed by atoms with Gasteiger partial charge in [-0.15, -0.1) is 0 Å². The highest BCUT2D eigenvalue weighted by Gasteiger charge is 2.19. The Kier molecular flexibility index (Phi) is 3.67. The number of carbonyl (C=O) groups excluding carboxylic acids is 1. The lowest BCUT2D eigenvalue weighted by Gasteiger charge is -2.07. The van der Waals surface area contributed by atoms with E-state index in [4.69, 9.17) is 0 Å². The molecular weight excluding hydrogens is 282 g/mol. The van der Waals surface area contributed by atoms with Crippen molar-refractivity contribution >= 4 is 27.5 Å². The van der Waals surface area contributed by atoms with Crippen molar-refractivity contribution in [3.05, 3.63) is 28.2 Å². The van der Waals surface area contributed by atoms with Crippen molar-refractivity contribution in [2.75, 3.05) is 5.32 Å². The Balaban J connectivity index is 3.00. The van der Waals surface area contributed by atoms with Crippen LogP contribution in [0.1, 0.15) is 0 Å². The monoisotopic (exact) mass is 285 g/mol. The molecule has 82 valence electrons. The van der Waals surface area contributed by atoms with Crippen LogP contribution in [0.2, 0.25) is 0 Å². The average molecular weight is 286 g/mol. The molecule has 1 amide bonds. The predicted molar refractivity (Wildman–Crippen MR) is 48.7 cm³/mol. The third-order valence-electron chi connectivity index (χ3n) is 1.45. The third kappa shape index (κ3) is 2.92. The van der Waals surface area contributed by atoms with Crippen LogP contribution in [0.5, 0.6) is 0 Å². The highest BCUT2D eigenvalue weighted by Crippen LogP contribution is 2.27. The molecule has 0 aliphatic carbocycles. The second-order valence-corrected chi connectivity index (χ2v) is 3.39. The minimum Gasteiger partial charge on any atom is -0.318 e. The van der Waals surface area contributed by atoms with Gasteiger partial charge in [-0.25, -0.2) is 8.78 Å². The van der Waals surface area contributed by atoms with Gasteiger partial charge >= 0.3 is 6.43 Å². The molecule has 1 rings (SSSR count). The van der Waals surface area contributed by atoms with Crippen LogP contribution in [0.4, 0.5) is 23.2 Å². The van der Waals surface area contributed by atoms with Crippen molar-refractivity contribution in [3.63, 3.8) is 0 Å². The minimum absolute atomic E-state index is 0.144. The van der Waals surface area contributed by atoms with Crippen LogP contribution in [-0.4, -0.2) is 12.3 Å². The highest BCUT2D eigenvalue weighted by atomic mass is 79.9. The van der Waals surface area contributed by atoms with Gasteiger partial charge in [0.2, 0.25) is 0 Å². The summed E-state index contributed by atoms with van der Waals surface area (Å²) in [6, 6.07) is 1.33. The van der Waals surface area contributed by atoms with Gasteiger partial charge in [0.05, 0.1) is 5.69 Å². The molecule has 2 nitrogen and oxygen atoms in total. The quantitative estimate of drug-likeness (QED) is 0.832. The molecule has 0 saturated heterocycles. The Hall–Kier alpha value is -1.11. The van der Waals surface area contributed by atoms with Gasteiger partial charge in [-0.05, 0) is 22.0 Å². The number of rotatable bonds is 2. The number of alkyl halides is 2. The number of carbonyl (C=O) groups is 1. The predicted octanol–water partition coefficient (Wildman–Crippen LogP) is 2.93. The Morgan fingerprint density at radius 2 is 1.93 bits per heavy atom. The number of anilines is 1. The first kappa shape index (κ1) is 12.0. The normalized spacial score (nSPS) is 10.5. The molecule has 0 aliphatic heterocycles. The van der Waals surface area contributed by atoms with Gasteiger partial charge in [0.15, 0.2) is 5.82 Å². The second-order valence-electron chi connectivity index (χ2n) is 2.53. The number of hydrogen-bond donors (Lipinski definition) is 1. The smallest absolute Gasteiger partial charge is 0.315 e. The fourth-order valence-electron chi connectivity index (χ4n) is 0.839.